The normalized spacial score (nSPS) is 11.9. The van der Waals surface area contributed by atoms with E-state index in [4.69, 9.17) is 14.5 Å². The third-order valence-corrected chi connectivity index (χ3v) is 11.1. The van der Waals surface area contributed by atoms with Gasteiger partial charge in [0.25, 0.3) is 0 Å². The van der Waals surface area contributed by atoms with Crippen molar-refractivity contribution in [1.29, 1.82) is 0 Å². The number of benzene rings is 8. The molecule has 0 saturated heterocycles. The number of hydrogen-bond donors (Lipinski definition) is 0. The number of hydrogen-bond acceptors (Lipinski definition) is 3. The van der Waals surface area contributed by atoms with Crippen molar-refractivity contribution in [2.24, 2.45) is 0 Å². The molecule has 0 bridgehead atoms. The molecule has 262 valence electrons. The lowest BCUT2D eigenvalue weighted by molar-refractivity contribution is 0.671. The molecule has 4 heterocycles. The van der Waals surface area contributed by atoms with Gasteiger partial charge in [-0.1, -0.05) is 140 Å². The van der Waals surface area contributed by atoms with Crippen LogP contribution in [0, 0.1) is 0 Å². The molecule has 0 atom stereocenters. The van der Waals surface area contributed by atoms with Gasteiger partial charge in [0.1, 0.15) is 5.58 Å². The van der Waals surface area contributed by atoms with Crippen molar-refractivity contribution >= 4 is 65.6 Å². The molecule has 0 fully saturated rings. The zero-order valence-electron chi connectivity index (χ0n) is 30.0. The average Bonchev–Trinajstić information content (AvgIpc) is 4.04. The van der Waals surface area contributed by atoms with E-state index in [1.165, 1.54) is 5.39 Å². The molecule has 6 nitrogen and oxygen atoms in total. The summed E-state index contributed by atoms with van der Waals surface area (Å²) in [4.78, 5) is 5.16. The summed E-state index contributed by atoms with van der Waals surface area (Å²) in [6.07, 6.45) is 0. The predicted molar refractivity (Wildman–Crippen MR) is 228 cm³/mol. The van der Waals surface area contributed by atoms with Crippen LogP contribution >= 0.6 is 0 Å². The Labute approximate surface area is 320 Å². The topological polar surface area (TPSA) is 53.7 Å². The maximum Gasteiger partial charge on any atom is 0.182 e. The van der Waals surface area contributed by atoms with E-state index in [1.807, 2.05) is 47.1 Å². The van der Waals surface area contributed by atoms with Crippen molar-refractivity contribution in [3.05, 3.63) is 188 Å². The van der Waals surface area contributed by atoms with Crippen LogP contribution in [-0.4, -0.2) is 23.9 Å². The minimum atomic E-state index is 0.679. The summed E-state index contributed by atoms with van der Waals surface area (Å²) in [5.41, 5.74) is 11.1. The van der Waals surface area contributed by atoms with E-state index in [9.17, 15) is 0 Å². The van der Waals surface area contributed by atoms with Crippen molar-refractivity contribution in [2.75, 3.05) is 0 Å². The van der Waals surface area contributed by atoms with Crippen LogP contribution in [-0.2, 0) is 0 Å². The highest BCUT2D eigenvalue weighted by Crippen LogP contribution is 2.43. The van der Waals surface area contributed by atoms with E-state index in [0.717, 1.165) is 94.2 Å². The monoisotopic (exact) mass is 717 g/mol. The lowest BCUT2D eigenvalue weighted by Crippen LogP contribution is -2.04. The Hall–Kier alpha value is -7.70. The van der Waals surface area contributed by atoms with Crippen molar-refractivity contribution in [1.82, 2.24) is 23.9 Å². The van der Waals surface area contributed by atoms with Crippen LogP contribution in [0.5, 0.6) is 0 Å². The molecule has 0 saturated carbocycles. The summed E-state index contributed by atoms with van der Waals surface area (Å²) in [6.45, 7) is 0. The fourth-order valence-electron chi connectivity index (χ4n) is 8.72. The molecule has 6 heteroatoms. The molecule has 0 unspecified atom stereocenters. The fraction of sp³-hybridized carbons (Fsp3) is 0. The molecule has 0 aliphatic heterocycles. The zero-order valence-corrected chi connectivity index (χ0v) is 30.0. The molecule has 0 amide bonds. The number of furan rings is 1. The molecule has 0 spiro atoms. The number of para-hydroxylation sites is 5. The van der Waals surface area contributed by atoms with Gasteiger partial charge >= 0.3 is 0 Å². The Bertz CT molecular complexity index is 3480. The maximum atomic E-state index is 6.73. The summed E-state index contributed by atoms with van der Waals surface area (Å²) >= 11 is 0. The summed E-state index contributed by atoms with van der Waals surface area (Å²) in [5, 5.41) is 12.0. The van der Waals surface area contributed by atoms with Crippen molar-refractivity contribution in [3.63, 3.8) is 0 Å². The smallest absolute Gasteiger partial charge is 0.182 e. The molecule has 0 radical (unpaired) electrons. The second-order valence-electron chi connectivity index (χ2n) is 14.2. The molecule has 8 aromatic carbocycles. The Balaban J connectivity index is 1.17. The molecule has 56 heavy (non-hydrogen) atoms. The molecule has 0 aliphatic carbocycles. The predicted octanol–water partition coefficient (Wildman–Crippen LogP) is 12.7. The van der Waals surface area contributed by atoms with Gasteiger partial charge < -0.3 is 13.6 Å². The van der Waals surface area contributed by atoms with Crippen LogP contribution in [0.25, 0.3) is 105 Å². The van der Waals surface area contributed by atoms with Gasteiger partial charge in [-0.05, 0) is 48.5 Å². The fourth-order valence-corrected chi connectivity index (χ4v) is 8.72. The van der Waals surface area contributed by atoms with Crippen LogP contribution in [0.4, 0.5) is 0 Å². The van der Waals surface area contributed by atoms with Crippen LogP contribution in [0.15, 0.2) is 192 Å². The average molecular weight is 718 g/mol. The first-order chi connectivity index (χ1) is 27.8. The van der Waals surface area contributed by atoms with Gasteiger partial charge in [0.05, 0.1) is 39.1 Å². The summed E-state index contributed by atoms with van der Waals surface area (Å²) in [7, 11) is 0. The summed E-state index contributed by atoms with van der Waals surface area (Å²) in [5.74, 6) is 1.47. The standard InChI is InChI=1S/C50H31N5O/c1-3-16-32(17-4-1)49-51-50(33-18-5-2-6-19-33)55(52-49)44-28-15-27-43-46(44)38-22-8-11-24-40(38)53(43)41-25-12-13-26-42(41)54-39-23-10-7-20-34(39)36-30-31-37-35-21-9-14-29-45(35)56-48(37)47(36)54/h1-31H. The first-order valence-corrected chi connectivity index (χ1v) is 18.9. The Morgan fingerprint density at radius 2 is 0.964 bits per heavy atom. The second kappa shape index (κ2) is 11.9. The zero-order chi connectivity index (χ0) is 36.7. The quantitative estimate of drug-likeness (QED) is 0.178. The van der Waals surface area contributed by atoms with E-state index in [1.54, 1.807) is 0 Å². The minimum Gasteiger partial charge on any atom is -0.454 e. The number of rotatable bonds is 5. The SMILES string of the molecule is c1ccc(-c2nc(-c3ccccc3)n(-c3cccc4c3c3ccccc3n4-c3ccccc3-n3c4ccccc4c4ccc5c6ccccc6oc5c43)n2)cc1. The third-order valence-electron chi connectivity index (χ3n) is 11.1. The van der Waals surface area contributed by atoms with E-state index in [0.29, 0.717) is 5.82 Å². The van der Waals surface area contributed by atoms with E-state index in [2.05, 4.69) is 155 Å². The van der Waals surface area contributed by atoms with E-state index < -0.39 is 0 Å². The van der Waals surface area contributed by atoms with Gasteiger partial charge in [-0.25, -0.2) is 9.67 Å². The van der Waals surface area contributed by atoms with Crippen molar-refractivity contribution < 1.29 is 4.42 Å². The number of fused-ring (bicyclic) bond motifs is 10. The highest BCUT2D eigenvalue weighted by molar-refractivity contribution is 6.22. The Morgan fingerprint density at radius 3 is 1.75 bits per heavy atom. The van der Waals surface area contributed by atoms with E-state index in [-0.39, 0.29) is 0 Å². The highest BCUT2D eigenvalue weighted by Gasteiger charge is 2.24. The molecule has 0 aliphatic rings. The molecule has 4 aromatic heterocycles. The van der Waals surface area contributed by atoms with Gasteiger partial charge in [-0.3, -0.25) is 0 Å². The molecule has 0 N–H and O–H groups in total. The van der Waals surface area contributed by atoms with Crippen molar-refractivity contribution in [2.45, 2.75) is 0 Å². The van der Waals surface area contributed by atoms with Crippen LogP contribution < -0.4 is 0 Å². The highest BCUT2D eigenvalue weighted by atomic mass is 16.3. The lowest BCUT2D eigenvalue weighted by atomic mass is 10.1. The molecular weight excluding hydrogens is 687 g/mol. The van der Waals surface area contributed by atoms with Crippen molar-refractivity contribution in [3.8, 4) is 39.8 Å². The summed E-state index contributed by atoms with van der Waals surface area (Å²) in [6, 6.07) is 65.8. The third kappa shape index (κ3) is 4.38. The number of aromatic nitrogens is 5. The molecule has 12 aromatic rings. The van der Waals surface area contributed by atoms with E-state index >= 15 is 0 Å². The number of nitrogens with zero attached hydrogens (tertiary/aromatic N) is 5. The largest absolute Gasteiger partial charge is 0.454 e. The lowest BCUT2D eigenvalue weighted by Gasteiger charge is -2.17. The van der Waals surface area contributed by atoms with Gasteiger partial charge in [-0.15, -0.1) is 5.10 Å². The summed E-state index contributed by atoms with van der Waals surface area (Å²) < 4.78 is 13.6. The Morgan fingerprint density at radius 1 is 0.393 bits per heavy atom. The Kier molecular flexibility index (Phi) is 6.53. The van der Waals surface area contributed by atoms with Gasteiger partial charge in [0.15, 0.2) is 17.2 Å². The van der Waals surface area contributed by atoms with Crippen LogP contribution in [0.3, 0.4) is 0 Å². The first-order valence-electron chi connectivity index (χ1n) is 18.9. The maximum absolute atomic E-state index is 6.73. The van der Waals surface area contributed by atoms with Gasteiger partial charge in [0, 0.05) is 43.4 Å². The second-order valence-corrected chi connectivity index (χ2v) is 14.2. The minimum absolute atomic E-state index is 0.679. The van der Waals surface area contributed by atoms with Gasteiger partial charge in [0.2, 0.25) is 0 Å². The first kappa shape index (κ1) is 30.7. The van der Waals surface area contributed by atoms with Crippen LogP contribution in [0.2, 0.25) is 0 Å². The van der Waals surface area contributed by atoms with Gasteiger partial charge in [-0.2, -0.15) is 0 Å². The van der Waals surface area contributed by atoms with Crippen LogP contribution in [0.1, 0.15) is 0 Å². The molecular formula is C50H31N5O. The molecule has 12 rings (SSSR count).